The number of hydrogen-bond acceptors (Lipinski definition) is 6. The van der Waals surface area contributed by atoms with Crippen molar-refractivity contribution in [2.24, 2.45) is 10.9 Å². The maximum Gasteiger partial charge on any atom is 0.231 e. The number of aryl methyl sites for hydroxylation is 1. The van der Waals surface area contributed by atoms with Gasteiger partial charge in [-0.1, -0.05) is 64.9 Å². The quantitative estimate of drug-likeness (QED) is 0.221. The Morgan fingerprint density at radius 2 is 1.97 bits per heavy atom. The van der Waals surface area contributed by atoms with Crippen molar-refractivity contribution in [2.45, 2.75) is 38.5 Å². The molecule has 3 aromatic rings. The number of nitrogens with zero attached hydrogens (tertiary/aromatic N) is 4. The van der Waals surface area contributed by atoms with Crippen LogP contribution in [0.4, 0.5) is 0 Å². The number of hydrogen-bond donors (Lipinski definition) is 2. The van der Waals surface area contributed by atoms with Gasteiger partial charge in [0.1, 0.15) is 6.61 Å². The zero-order chi connectivity index (χ0) is 23.0. The maximum absolute atomic E-state index is 7.56. The lowest BCUT2D eigenvalue weighted by Crippen LogP contribution is -2.34. The molecule has 8 heteroatoms. The van der Waals surface area contributed by atoms with Crippen molar-refractivity contribution >= 4 is 11.7 Å². The lowest BCUT2D eigenvalue weighted by Gasteiger charge is -2.14. The van der Waals surface area contributed by atoms with Gasteiger partial charge in [-0.3, -0.25) is 5.41 Å². The van der Waals surface area contributed by atoms with E-state index in [9.17, 15) is 0 Å². The fraction of sp³-hybridized carbons (Fsp3) is 0.360. The highest BCUT2D eigenvalue weighted by Crippen LogP contribution is 2.27. The molecule has 2 heterocycles. The van der Waals surface area contributed by atoms with Gasteiger partial charge in [-0.2, -0.15) is 4.98 Å². The summed E-state index contributed by atoms with van der Waals surface area (Å²) in [5.41, 5.74) is 9.62. The first-order valence-electron chi connectivity index (χ1n) is 11.3. The van der Waals surface area contributed by atoms with Crippen LogP contribution in [-0.4, -0.2) is 46.4 Å². The topological polar surface area (TPSA) is 114 Å². The van der Waals surface area contributed by atoms with Crippen LogP contribution in [0.5, 0.6) is 0 Å². The number of guanidine groups is 1. The molecular formula is C25H30N6O2. The van der Waals surface area contributed by atoms with Gasteiger partial charge in [0.25, 0.3) is 0 Å². The Bertz CT molecular complexity index is 1080. The first kappa shape index (κ1) is 22.5. The summed E-state index contributed by atoms with van der Waals surface area (Å²) in [4.78, 5) is 11.9. The van der Waals surface area contributed by atoms with Crippen molar-refractivity contribution in [3.8, 4) is 11.4 Å². The molecule has 4 rings (SSSR count). The zero-order valence-electron chi connectivity index (χ0n) is 18.9. The van der Waals surface area contributed by atoms with Crippen molar-refractivity contribution in [3.63, 3.8) is 0 Å². The summed E-state index contributed by atoms with van der Waals surface area (Å²) in [7, 11) is 0. The number of oxime groups is 1. The molecule has 2 aromatic carbocycles. The molecular weight excluding hydrogens is 416 g/mol. The van der Waals surface area contributed by atoms with Crippen LogP contribution < -0.4 is 5.73 Å². The molecule has 3 N–H and O–H groups in total. The predicted molar refractivity (Wildman–Crippen MR) is 128 cm³/mol. The van der Waals surface area contributed by atoms with Crippen molar-refractivity contribution in [1.29, 1.82) is 5.41 Å². The Morgan fingerprint density at radius 3 is 2.70 bits per heavy atom. The van der Waals surface area contributed by atoms with Crippen LogP contribution in [0, 0.1) is 5.41 Å². The highest BCUT2D eigenvalue weighted by atomic mass is 16.6. The van der Waals surface area contributed by atoms with Crippen LogP contribution in [0.25, 0.3) is 11.4 Å². The fourth-order valence-electron chi connectivity index (χ4n) is 3.90. The lowest BCUT2D eigenvalue weighted by molar-refractivity contribution is 0.140. The Kier molecular flexibility index (Phi) is 7.34. The lowest BCUT2D eigenvalue weighted by atomic mass is 10.1. The molecule has 0 saturated carbocycles. The van der Waals surface area contributed by atoms with Crippen LogP contribution in [0.2, 0.25) is 0 Å². The van der Waals surface area contributed by atoms with E-state index >= 15 is 0 Å². The molecule has 0 radical (unpaired) electrons. The largest absolute Gasteiger partial charge is 0.396 e. The highest BCUT2D eigenvalue weighted by Gasteiger charge is 2.29. The van der Waals surface area contributed by atoms with Gasteiger partial charge in [-0.15, -0.1) is 0 Å². The minimum Gasteiger partial charge on any atom is -0.396 e. The smallest absolute Gasteiger partial charge is 0.231 e. The molecule has 8 nitrogen and oxygen atoms in total. The summed E-state index contributed by atoms with van der Waals surface area (Å²) in [6, 6.07) is 18.4. The number of rotatable bonds is 9. The minimum atomic E-state index is 0.0843. The van der Waals surface area contributed by atoms with Crippen LogP contribution in [0.3, 0.4) is 0 Å². The Morgan fingerprint density at radius 1 is 1.18 bits per heavy atom. The van der Waals surface area contributed by atoms with Gasteiger partial charge in [0.2, 0.25) is 11.7 Å². The molecule has 1 aliphatic rings. The molecule has 0 amide bonds. The maximum atomic E-state index is 7.56. The normalized spacial score (nSPS) is 16.2. The van der Waals surface area contributed by atoms with E-state index in [-0.39, 0.29) is 11.9 Å². The molecule has 172 valence electrons. The van der Waals surface area contributed by atoms with Gasteiger partial charge in [-0.05, 0) is 43.7 Å². The average Bonchev–Trinajstić information content (AvgIpc) is 3.52. The average molecular weight is 447 g/mol. The van der Waals surface area contributed by atoms with E-state index in [1.165, 1.54) is 5.56 Å². The molecule has 1 atom stereocenters. The highest BCUT2D eigenvalue weighted by molar-refractivity contribution is 5.98. The molecule has 0 bridgehead atoms. The van der Waals surface area contributed by atoms with E-state index in [4.69, 9.17) is 20.5 Å². The third-order valence-electron chi connectivity index (χ3n) is 5.88. The number of unbranched alkanes of at least 4 members (excludes halogenated alkanes) is 1. The second-order valence-corrected chi connectivity index (χ2v) is 8.30. The monoisotopic (exact) mass is 446 g/mol. The van der Waals surface area contributed by atoms with Crippen LogP contribution in [-0.2, 0) is 11.3 Å². The summed E-state index contributed by atoms with van der Waals surface area (Å²) in [6.45, 7) is 3.92. The van der Waals surface area contributed by atoms with Gasteiger partial charge in [0, 0.05) is 18.7 Å². The van der Waals surface area contributed by atoms with E-state index in [2.05, 4.69) is 39.6 Å². The van der Waals surface area contributed by atoms with E-state index in [0.29, 0.717) is 24.9 Å². The van der Waals surface area contributed by atoms with Gasteiger partial charge < -0.3 is 20.0 Å². The Hall–Kier alpha value is -3.68. The van der Waals surface area contributed by atoms with Crippen LogP contribution in [0.1, 0.15) is 49.1 Å². The summed E-state index contributed by atoms with van der Waals surface area (Å²) in [6.07, 6.45) is 3.95. The number of benzene rings is 2. The fourth-order valence-corrected chi connectivity index (χ4v) is 3.90. The predicted octanol–water partition coefficient (Wildman–Crippen LogP) is 4.18. The molecule has 1 saturated heterocycles. The zero-order valence-corrected chi connectivity index (χ0v) is 18.9. The molecule has 0 unspecified atom stereocenters. The number of likely N-dealkylation sites (tertiary alicyclic amines) is 1. The van der Waals surface area contributed by atoms with E-state index < -0.39 is 0 Å². The van der Waals surface area contributed by atoms with Gasteiger partial charge in [0.15, 0.2) is 5.96 Å². The van der Waals surface area contributed by atoms with Gasteiger partial charge >= 0.3 is 0 Å². The first-order chi connectivity index (χ1) is 16.1. The van der Waals surface area contributed by atoms with Crippen LogP contribution >= 0.6 is 0 Å². The van der Waals surface area contributed by atoms with Crippen molar-refractivity contribution in [1.82, 2.24) is 15.0 Å². The van der Waals surface area contributed by atoms with Crippen molar-refractivity contribution in [2.75, 3.05) is 19.7 Å². The van der Waals surface area contributed by atoms with Gasteiger partial charge in [0.05, 0.1) is 11.6 Å². The van der Waals surface area contributed by atoms with E-state index in [0.717, 1.165) is 49.1 Å². The van der Waals surface area contributed by atoms with Crippen LogP contribution in [0.15, 0.2) is 64.3 Å². The molecule has 1 aromatic heterocycles. The molecule has 33 heavy (non-hydrogen) atoms. The molecule has 1 aliphatic heterocycles. The summed E-state index contributed by atoms with van der Waals surface area (Å²) in [5, 5.41) is 15.9. The summed E-state index contributed by atoms with van der Waals surface area (Å²) >= 11 is 0. The van der Waals surface area contributed by atoms with Crippen molar-refractivity contribution < 1.29 is 9.36 Å². The Balaban J connectivity index is 1.25. The standard InChI is InChI=1S/C25H30N6O2/c1-18(29-32-16-6-5-9-19-7-3-2-4-8-19)20-10-12-21(13-11-20)23-28-24(33-30-23)22-14-15-31(17-22)25(26)27/h2-4,7-8,10-13,22H,5-6,9,14-17H2,1H3,(H3,26,27)/t22-/m1/s1. The SMILES string of the molecule is CC(=NOCCCCc1ccccc1)c1ccc(-c2noc([C@@H]3CCN(C(=N)N)C3)n2)cc1. The Labute approximate surface area is 193 Å². The van der Waals surface area contributed by atoms with E-state index in [1.807, 2.05) is 42.2 Å². The second-order valence-electron chi connectivity index (χ2n) is 8.30. The number of aromatic nitrogens is 2. The third-order valence-corrected chi connectivity index (χ3v) is 5.88. The third kappa shape index (κ3) is 5.97. The molecule has 0 aliphatic carbocycles. The molecule has 0 spiro atoms. The molecule has 1 fully saturated rings. The van der Waals surface area contributed by atoms with E-state index in [1.54, 1.807) is 0 Å². The number of nitrogens with two attached hydrogens (primary N) is 1. The second kappa shape index (κ2) is 10.8. The number of nitrogens with one attached hydrogen (secondary N) is 1. The minimum absolute atomic E-state index is 0.0843. The van der Waals surface area contributed by atoms with Gasteiger partial charge in [-0.25, -0.2) is 0 Å². The summed E-state index contributed by atoms with van der Waals surface area (Å²) < 4.78 is 5.48. The summed E-state index contributed by atoms with van der Waals surface area (Å²) in [5.74, 6) is 1.34. The first-order valence-corrected chi connectivity index (χ1v) is 11.3. The van der Waals surface area contributed by atoms with Crippen molar-refractivity contribution in [3.05, 3.63) is 71.6 Å².